The fraction of sp³-hybridized carbons (Fsp3) is 0.929. The van der Waals surface area contributed by atoms with Gasteiger partial charge in [-0.1, -0.05) is 6.92 Å². The number of rotatable bonds is 4. The number of piperidine rings is 1. The third-order valence-electron chi connectivity index (χ3n) is 5.00. The highest BCUT2D eigenvalue weighted by Gasteiger charge is 2.53. The van der Waals surface area contributed by atoms with Crippen molar-refractivity contribution in [2.24, 2.45) is 17.3 Å². The second-order valence-corrected chi connectivity index (χ2v) is 6.41. The third kappa shape index (κ3) is 2.35. The first kappa shape index (κ1) is 11.5. The lowest BCUT2D eigenvalue weighted by Gasteiger charge is -2.29. The van der Waals surface area contributed by atoms with Crippen LogP contribution in [0.25, 0.3) is 0 Å². The maximum absolute atomic E-state index is 12.2. The van der Waals surface area contributed by atoms with E-state index in [1.54, 1.807) is 0 Å². The lowest BCUT2D eigenvalue weighted by molar-refractivity contribution is -0.125. The summed E-state index contributed by atoms with van der Waals surface area (Å²) in [7, 11) is 0. The molecule has 3 heteroatoms. The van der Waals surface area contributed by atoms with Crippen LogP contribution in [0.1, 0.15) is 45.4 Å². The average molecular weight is 236 g/mol. The molecule has 1 heterocycles. The molecule has 0 bridgehead atoms. The second kappa shape index (κ2) is 4.27. The van der Waals surface area contributed by atoms with Gasteiger partial charge < -0.3 is 10.6 Å². The standard InChI is InChI=1S/C14H24N2O/c1-10-3-2-8-15-12(10)13(17)16-9-14(6-7-14)11-4-5-11/h10-12,15H,2-9H2,1H3,(H,16,17). The molecule has 3 rings (SSSR count). The van der Waals surface area contributed by atoms with E-state index in [0.717, 1.165) is 19.0 Å². The highest BCUT2D eigenvalue weighted by Crippen LogP contribution is 2.60. The highest BCUT2D eigenvalue weighted by atomic mass is 16.2. The Kier molecular flexibility index (Phi) is 2.89. The van der Waals surface area contributed by atoms with Crippen LogP contribution >= 0.6 is 0 Å². The molecule has 0 aromatic heterocycles. The molecule has 3 nitrogen and oxygen atoms in total. The molecule has 1 aliphatic heterocycles. The van der Waals surface area contributed by atoms with Crippen molar-refractivity contribution in [2.75, 3.05) is 13.1 Å². The minimum atomic E-state index is 0.0544. The molecule has 2 unspecified atom stereocenters. The first-order chi connectivity index (χ1) is 8.21. The predicted octanol–water partition coefficient (Wildman–Crippen LogP) is 1.68. The van der Waals surface area contributed by atoms with E-state index in [-0.39, 0.29) is 11.9 Å². The topological polar surface area (TPSA) is 41.1 Å². The summed E-state index contributed by atoms with van der Waals surface area (Å²) >= 11 is 0. The Morgan fingerprint density at radius 3 is 2.71 bits per heavy atom. The number of carbonyl (C=O) groups is 1. The van der Waals surface area contributed by atoms with Crippen molar-refractivity contribution in [3.05, 3.63) is 0 Å². The van der Waals surface area contributed by atoms with Gasteiger partial charge in [-0.05, 0) is 62.3 Å². The quantitative estimate of drug-likeness (QED) is 0.780. The number of nitrogens with one attached hydrogen (secondary N) is 2. The van der Waals surface area contributed by atoms with E-state index >= 15 is 0 Å². The van der Waals surface area contributed by atoms with Gasteiger partial charge in [-0.25, -0.2) is 0 Å². The molecule has 0 radical (unpaired) electrons. The minimum Gasteiger partial charge on any atom is -0.354 e. The van der Waals surface area contributed by atoms with E-state index in [9.17, 15) is 4.79 Å². The van der Waals surface area contributed by atoms with Crippen molar-refractivity contribution in [1.82, 2.24) is 10.6 Å². The Hall–Kier alpha value is -0.570. The van der Waals surface area contributed by atoms with Crippen LogP contribution in [0.15, 0.2) is 0 Å². The van der Waals surface area contributed by atoms with Crippen molar-refractivity contribution in [1.29, 1.82) is 0 Å². The van der Waals surface area contributed by atoms with Crippen molar-refractivity contribution < 1.29 is 4.79 Å². The van der Waals surface area contributed by atoms with Gasteiger partial charge in [0.2, 0.25) is 5.91 Å². The van der Waals surface area contributed by atoms with Crippen molar-refractivity contribution in [3.63, 3.8) is 0 Å². The smallest absolute Gasteiger partial charge is 0.237 e. The van der Waals surface area contributed by atoms with Gasteiger partial charge in [0.05, 0.1) is 6.04 Å². The van der Waals surface area contributed by atoms with Crippen molar-refractivity contribution in [3.8, 4) is 0 Å². The third-order valence-corrected chi connectivity index (χ3v) is 5.00. The maximum Gasteiger partial charge on any atom is 0.237 e. The summed E-state index contributed by atoms with van der Waals surface area (Å²) in [6, 6.07) is 0.0544. The van der Waals surface area contributed by atoms with Crippen LogP contribution in [-0.2, 0) is 4.79 Å². The Morgan fingerprint density at radius 2 is 2.12 bits per heavy atom. The van der Waals surface area contributed by atoms with E-state index in [4.69, 9.17) is 0 Å². The molecule has 1 saturated heterocycles. The first-order valence-electron chi connectivity index (χ1n) is 7.22. The SMILES string of the molecule is CC1CCCNC1C(=O)NCC1(C2CC2)CC1. The van der Waals surface area contributed by atoms with Crippen LogP contribution in [0.3, 0.4) is 0 Å². The van der Waals surface area contributed by atoms with E-state index in [1.165, 1.54) is 38.5 Å². The summed E-state index contributed by atoms with van der Waals surface area (Å²) in [4.78, 5) is 12.2. The number of amides is 1. The van der Waals surface area contributed by atoms with Crippen LogP contribution in [0, 0.1) is 17.3 Å². The Bertz CT molecular complexity index is 307. The maximum atomic E-state index is 12.2. The molecule has 17 heavy (non-hydrogen) atoms. The fourth-order valence-electron chi connectivity index (χ4n) is 3.36. The molecule has 96 valence electrons. The molecule has 1 amide bonds. The summed E-state index contributed by atoms with van der Waals surface area (Å²) < 4.78 is 0. The van der Waals surface area contributed by atoms with E-state index < -0.39 is 0 Å². The summed E-state index contributed by atoms with van der Waals surface area (Å²) in [5.74, 6) is 1.66. The zero-order valence-electron chi connectivity index (χ0n) is 10.8. The van der Waals surface area contributed by atoms with Gasteiger partial charge in [0.25, 0.3) is 0 Å². The van der Waals surface area contributed by atoms with E-state index in [2.05, 4.69) is 17.6 Å². The summed E-state index contributed by atoms with van der Waals surface area (Å²) in [5, 5.41) is 6.56. The van der Waals surface area contributed by atoms with Gasteiger partial charge >= 0.3 is 0 Å². The van der Waals surface area contributed by atoms with E-state index in [0.29, 0.717) is 11.3 Å². The molecule has 3 fully saturated rings. The van der Waals surface area contributed by atoms with Crippen LogP contribution in [0.4, 0.5) is 0 Å². The van der Waals surface area contributed by atoms with Crippen LogP contribution < -0.4 is 10.6 Å². The first-order valence-corrected chi connectivity index (χ1v) is 7.22. The lowest BCUT2D eigenvalue weighted by Crippen LogP contribution is -2.51. The molecule has 2 aliphatic carbocycles. The van der Waals surface area contributed by atoms with Gasteiger partial charge in [-0.15, -0.1) is 0 Å². The van der Waals surface area contributed by atoms with Crippen molar-refractivity contribution in [2.45, 2.75) is 51.5 Å². The lowest BCUT2D eigenvalue weighted by atomic mass is 9.92. The monoisotopic (exact) mass is 236 g/mol. The molecule has 2 atom stereocenters. The molecule has 3 aliphatic rings. The molecular weight excluding hydrogens is 212 g/mol. The van der Waals surface area contributed by atoms with Crippen LogP contribution in [-0.4, -0.2) is 25.0 Å². The molecule has 0 aromatic carbocycles. The highest BCUT2D eigenvalue weighted by molar-refractivity contribution is 5.82. The molecule has 0 aromatic rings. The number of hydrogen-bond acceptors (Lipinski definition) is 2. The minimum absolute atomic E-state index is 0.0544. The molecule has 2 N–H and O–H groups in total. The molecular formula is C14H24N2O. The summed E-state index contributed by atoms with van der Waals surface area (Å²) in [6.07, 6.45) is 7.86. The van der Waals surface area contributed by atoms with Gasteiger partial charge in [-0.2, -0.15) is 0 Å². The Morgan fingerprint density at radius 1 is 1.35 bits per heavy atom. The van der Waals surface area contributed by atoms with Gasteiger partial charge in [0, 0.05) is 6.54 Å². The Balaban J connectivity index is 1.49. The molecule has 0 spiro atoms. The van der Waals surface area contributed by atoms with Crippen LogP contribution in [0.2, 0.25) is 0 Å². The largest absolute Gasteiger partial charge is 0.354 e. The predicted molar refractivity (Wildman–Crippen MR) is 67.6 cm³/mol. The Labute approximate surface area is 104 Å². The van der Waals surface area contributed by atoms with Gasteiger partial charge in [0.1, 0.15) is 0 Å². The zero-order valence-corrected chi connectivity index (χ0v) is 10.8. The fourth-order valence-corrected chi connectivity index (χ4v) is 3.36. The second-order valence-electron chi connectivity index (χ2n) is 6.41. The average Bonchev–Trinajstić information content (AvgIpc) is 3.17. The van der Waals surface area contributed by atoms with Crippen LogP contribution in [0.5, 0.6) is 0 Å². The van der Waals surface area contributed by atoms with E-state index in [1.807, 2.05) is 0 Å². The van der Waals surface area contributed by atoms with Gasteiger partial charge in [-0.3, -0.25) is 4.79 Å². The normalized spacial score (nSPS) is 35.4. The zero-order chi connectivity index (χ0) is 11.9. The number of carbonyl (C=O) groups excluding carboxylic acids is 1. The van der Waals surface area contributed by atoms with Crippen molar-refractivity contribution >= 4 is 5.91 Å². The molecule has 2 saturated carbocycles. The number of hydrogen-bond donors (Lipinski definition) is 2. The van der Waals surface area contributed by atoms with Gasteiger partial charge in [0.15, 0.2) is 0 Å². The summed E-state index contributed by atoms with van der Waals surface area (Å²) in [6.45, 7) is 4.11. The summed E-state index contributed by atoms with van der Waals surface area (Å²) in [5.41, 5.74) is 0.521.